The van der Waals surface area contributed by atoms with E-state index in [1.54, 1.807) is 0 Å². The van der Waals surface area contributed by atoms with Gasteiger partial charge >= 0.3 is 0 Å². The van der Waals surface area contributed by atoms with Gasteiger partial charge in [0.15, 0.2) is 0 Å². The molecule has 12 aromatic carbocycles. The third-order valence-corrected chi connectivity index (χ3v) is 12.8. The standard InChI is InChI=1S/C62H40/c1-3-14-45(15-4-1)57-39-62-56-33-31-54(52-29-27-42-13-8-10-19-48(42)36-52)38-60(56)58(46-16-5-2-6-17-46)40-61(62)55-32-30-53(37-59(55)57)44-24-22-43(23-25-44)49-20-11-21-50(34-49)51-28-26-41-12-7-9-18-47(41)35-51/h1-40H. The minimum atomic E-state index is 1.20. The molecular weight excluding hydrogens is 745 g/mol. The molecule has 12 aromatic rings. The number of hydrogen-bond donors (Lipinski definition) is 0. The monoisotopic (exact) mass is 784 g/mol. The van der Waals surface area contributed by atoms with Gasteiger partial charge in [0, 0.05) is 0 Å². The molecule has 0 saturated heterocycles. The summed E-state index contributed by atoms with van der Waals surface area (Å²) in [5.41, 5.74) is 14.6. The van der Waals surface area contributed by atoms with Crippen LogP contribution in [0.2, 0.25) is 0 Å². The molecule has 62 heavy (non-hydrogen) atoms. The smallest absolute Gasteiger partial charge is 0.00923 e. The summed E-state index contributed by atoms with van der Waals surface area (Å²) in [4.78, 5) is 0. The molecule has 0 aliphatic rings. The topological polar surface area (TPSA) is 0 Å². The average Bonchev–Trinajstić information content (AvgIpc) is 3.35. The Morgan fingerprint density at radius 3 is 0.968 bits per heavy atom. The van der Waals surface area contributed by atoms with Crippen LogP contribution in [-0.2, 0) is 0 Å². The van der Waals surface area contributed by atoms with Crippen LogP contribution in [-0.4, -0.2) is 0 Å². The van der Waals surface area contributed by atoms with E-state index in [1.807, 2.05) is 0 Å². The minimum Gasteiger partial charge on any atom is -0.0622 e. The van der Waals surface area contributed by atoms with E-state index < -0.39 is 0 Å². The van der Waals surface area contributed by atoms with Gasteiger partial charge in [-0.25, -0.2) is 0 Å². The second-order valence-corrected chi connectivity index (χ2v) is 16.5. The molecule has 0 heteroatoms. The van der Waals surface area contributed by atoms with E-state index in [9.17, 15) is 0 Å². The fourth-order valence-corrected chi connectivity index (χ4v) is 9.59. The SMILES string of the molecule is c1ccc(-c2cc3c4ccc(-c5ccc6ccccc6c5)cc4c(-c4ccccc4)cc3c3ccc(-c4ccc(-c5cccc(-c6ccc7ccccc7c6)c5)cc4)cc23)cc1. The van der Waals surface area contributed by atoms with Crippen molar-refractivity contribution < 1.29 is 0 Å². The van der Waals surface area contributed by atoms with Gasteiger partial charge in [-0.3, -0.25) is 0 Å². The first-order chi connectivity index (χ1) is 30.7. The van der Waals surface area contributed by atoms with E-state index in [2.05, 4.69) is 243 Å². The van der Waals surface area contributed by atoms with Gasteiger partial charge in [-0.2, -0.15) is 0 Å². The Morgan fingerprint density at radius 2 is 0.484 bits per heavy atom. The van der Waals surface area contributed by atoms with Crippen LogP contribution in [0.15, 0.2) is 243 Å². The quantitative estimate of drug-likeness (QED) is 0.147. The maximum absolute atomic E-state index is 2.44. The van der Waals surface area contributed by atoms with Gasteiger partial charge in [0.25, 0.3) is 0 Å². The van der Waals surface area contributed by atoms with Crippen molar-refractivity contribution in [1.29, 1.82) is 0 Å². The Morgan fingerprint density at radius 1 is 0.145 bits per heavy atom. The Bertz CT molecular complexity index is 3650. The van der Waals surface area contributed by atoms with Crippen LogP contribution in [0.4, 0.5) is 0 Å². The molecule has 0 spiro atoms. The second kappa shape index (κ2) is 14.9. The summed E-state index contributed by atoms with van der Waals surface area (Å²) in [5.74, 6) is 0. The zero-order valence-electron chi connectivity index (χ0n) is 34.1. The van der Waals surface area contributed by atoms with Crippen molar-refractivity contribution in [2.45, 2.75) is 0 Å². The lowest BCUT2D eigenvalue weighted by atomic mass is 9.86. The normalized spacial score (nSPS) is 11.5. The van der Waals surface area contributed by atoms with Gasteiger partial charge in [-0.15, -0.1) is 0 Å². The van der Waals surface area contributed by atoms with Crippen LogP contribution in [0, 0.1) is 0 Å². The molecule has 288 valence electrons. The first-order valence-electron chi connectivity index (χ1n) is 21.5. The van der Waals surface area contributed by atoms with E-state index in [4.69, 9.17) is 0 Å². The Hall–Kier alpha value is -8.06. The molecule has 0 heterocycles. The number of benzene rings is 12. The van der Waals surface area contributed by atoms with Gasteiger partial charge < -0.3 is 0 Å². The predicted molar refractivity (Wildman–Crippen MR) is 267 cm³/mol. The first kappa shape index (κ1) is 35.8. The lowest BCUT2D eigenvalue weighted by molar-refractivity contribution is 1.59. The van der Waals surface area contributed by atoms with Crippen LogP contribution in [0.1, 0.15) is 0 Å². The minimum absolute atomic E-state index is 1.20. The number of hydrogen-bond acceptors (Lipinski definition) is 0. The van der Waals surface area contributed by atoms with Crippen LogP contribution in [0.25, 0.3) is 121 Å². The van der Waals surface area contributed by atoms with Crippen LogP contribution >= 0.6 is 0 Å². The molecule has 0 fully saturated rings. The molecule has 0 aliphatic heterocycles. The van der Waals surface area contributed by atoms with Crippen molar-refractivity contribution >= 4 is 53.9 Å². The van der Waals surface area contributed by atoms with Crippen LogP contribution in [0.5, 0.6) is 0 Å². The molecule has 0 amide bonds. The highest BCUT2D eigenvalue weighted by atomic mass is 14.2. The van der Waals surface area contributed by atoms with Gasteiger partial charge in [0.2, 0.25) is 0 Å². The largest absolute Gasteiger partial charge is 0.0622 e. The summed E-state index contributed by atoms with van der Waals surface area (Å²) in [5, 5.41) is 12.6. The molecule has 12 rings (SSSR count). The van der Waals surface area contributed by atoms with Gasteiger partial charge in [-0.05, 0) is 163 Å². The average molecular weight is 785 g/mol. The van der Waals surface area contributed by atoms with Crippen molar-refractivity contribution in [1.82, 2.24) is 0 Å². The summed E-state index contributed by atoms with van der Waals surface area (Å²) >= 11 is 0. The van der Waals surface area contributed by atoms with Crippen molar-refractivity contribution in [3.63, 3.8) is 0 Å². The Kier molecular flexibility index (Phi) is 8.61. The molecule has 0 atom stereocenters. The molecule has 0 aromatic heterocycles. The fourth-order valence-electron chi connectivity index (χ4n) is 9.59. The van der Waals surface area contributed by atoms with E-state index in [0.29, 0.717) is 0 Å². The summed E-state index contributed by atoms with van der Waals surface area (Å²) in [6.45, 7) is 0. The predicted octanol–water partition coefficient (Wildman–Crippen LogP) is 17.5. The highest BCUT2D eigenvalue weighted by Gasteiger charge is 2.17. The summed E-state index contributed by atoms with van der Waals surface area (Å²) in [6.07, 6.45) is 0. The molecule has 0 nitrogen and oxygen atoms in total. The second-order valence-electron chi connectivity index (χ2n) is 16.5. The van der Waals surface area contributed by atoms with Gasteiger partial charge in [0.05, 0.1) is 0 Å². The molecule has 0 bridgehead atoms. The third-order valence-electron chi connectivity index (χ3n) is 12.8. The first-order valence-corrected chi connectivity index (χ1v) is 21.5. The summed E-state index contributed by atoms with van der Waals surface area (Å²) in [7, 11) is 0. The highest BCUT2D eigenvalue weighted by molar-refractivity contribution is 6.24. The van der Waals surface area contributed by atoms with Crippen molar-refractivity contribution in [3.8, 4) is 66.8 Å². The zero-order chi connectivity index (χ0) is 41.0. The lowest BCUT2D eigenvalue weighted by Crippen LogP contribution is -1.91. The third kappa shape index (κ3) is 6.33. The maximum atomic E-state index is 2.44. The molecule has 0 N–H and O–H groups in total. The summed E-state index contributed by atoms with van der Waals surface area (Å²) < 4.78 is 0. The van der Waals surface area contributed by atoms with E-state index >= 15 is 0 Å². The fraction of sp³-hybridized carbons (Fsp3) is 0. The molecule has 0 aliphatic carbocycles. The van der Waals surface area contributed by atoms with Gasteiger partial charge in [0.1, 0.15) is 0 Å². The number of rotatable bonds is 6. The van der Waals surface area contributed by atoms with Crippen LogP contribution < -0.4 is 0 Å². The zero-order valence-corrected chi connectivity index (χ0v) is 34.1. The summed E-state index contributed by atoms with van der Waals surface area (Å²) in [6, 6.07) is 89.5. The molecule has 0 unspecified atom stereocenters. The van der Waals surface area contributed by atoms with E-state index in [-0.39, 0.29) is 0 Å². The van der Waals surface area contributed by atoms with Crippen LogP contribution in [0.3, 0.4) is 0 Å². The molecule has 0 saturated carbocycles. The number of fused-ring (bicyclic) bond motifs is 7. The van der Waals surface area contributed by atoms with Crippen molar-refractivity contribution in [2.75, 3.05) is 0 Å². The van der Waals surface area contributed by atoms with E-state index in [0.717, 1.165) is 0 Å². The molecular formula is C62H40. The van der Waals surface area contributed by atoms with E-state index in [1.165, 1.54) is 121 Å². The Labute approximate surface area is 361 Å². The van der Waals surface area contributed by atoms with Gasteiger partial charge in [-0.1, -0.05) is 200 Å². The highest BCUT2D eigenvalue weighted by Crippen LogP contribution is 2.44. The Balaban J connectivity index is 0.991. The lowest BCUT2D eigenvalue weighted by Gasteiger charge is -2.18. The van der Waals surface area contributed by atoms with Crippen molar-refractivity contribution in [3.05, 3.63) is 243 Å². The molecule has 0 radical (unpaired) electrons. The van der Waals surface area contributed by atoms with Crippen molar-refractivity contribution in [2.24, 2.45) is 0 Å². The maximum Gasteiger partial charge on any atom is -0.00923 e.